The van der Waals surface area contributed by atoms with Crippen LogP contribution in [-0.4, -0.2) is 14.5 Å². The number of nitrogen functional groups attached to an aromatic ring is 1. The summed E-state index contributed by atoms with van der Waals surface area (Å²) >= 11 is 0. The number of nitrogens with one attached hydrogen (secondary N) is 1. The zero-order chi connectivity index (χ0) is 14.8. The monoisotopic (exact) mass is 294 g/mol. The van der Waals surface area contributed by atoms with Gasteiger partial charge in [-0.25, -0.2) is 13.1 Å². The standard InChI is InChI=1S/C15H22N2O2S/c1-3-11-9-14(16)13(4-2)15(10-11)20(18,19)17-12-7-5-6-8-12/h5-6,9-10,12,17H,3-4,7-8,16H2,1-2H3. The normalized spacial score (nSPS) is 15.9. The lowest BCUT2D eigenvalue weighted by atomic mass is 10.1. The summed E-state index contributed by atoms with van der Waals surface area (Å²) in [6.45, 7) is 3.92. The molecule has 1 aromatic rings. The molecule has 1 aliphatic carbocycles. The van der Waals surface area contributed by atoms with Crippen molar-refractivity contribution in [2.24, 2.45) is 0 Å². The van der Waals surface area contributed by atoms with E-state index in [4.69, 9.17) is 5.73 Å². The average Bonchev–Trinajstić information content (AvgIpc) is 2.89. The third-order valence-corrected chi connectivity index (χ3v) is 5.27. The Kier molecular flexibility index (Phi) is 4.50. The Morgan fingerprint density at radius 2 is 1.85 bits per heavy atom. The van der Waals surface area contributed by atoms with E-state index >= 15 is 0 Å². The SMILES string of the molecule is CCc1cc(N)c(CC)c(S(=O)(=O)NC2CC=CC2)c1. The molecule has 110 valence electrons. The van der Waals surface area contributed by atoms with Crippen LogP contribution in [0, 0.1) is 0 Å². The number of aryl methyl sites for hydroxylation is 1. The summed E-state index contributed by atoms with van der Waals surface area (Å²) in [6, 6.07) is 3.59. The van der Waals surface area contributed by atoms with Gasteiger partial charge in [-0.3, -0.25) is 0 Å². The molecule has 0 aliphatic heterocycles. The second kappa shape index (κ2) is 5.97. The van der Waals surface area contributed by atoms with Crippen LogP contribution in [0.25, 0.3) is 0 Å². The molecule has 0 saturated heterocycles. The molecule has 0 atom stereocenters. The van der Waals surface area contributed by atoms with Crippen molar-refractivity contribution in [3.8, 4) is 0 Å². The molecule has 0 unspecified atom stereocenters. The van der Waals surface area contributed by atoms with E-state index in [-0.39, 0.29) is 6.04 Å². The van der Waals surface area contributed by atoms with E-state index in [0.717, 1.165) is 24.8 Å². The third kappa shape index (κ3) is 3.04. The van der Waals surface area contributed by atoms with Gasteiger partial charge in [-0.05, 0) is 48.9 Å². The van der Waals surface area contributed by atoms with Gasteiger partial charge >= 0.3 is 0 Å². The maximum atomic E-state index is 12.6. The Hall–Kier alpha value is -1.33. The highest BCUT2D eigenvalue weighted by Gasteiger charge is 2.24. The molecule has 5 heteroatoms. The lowest BCUT2D eigenvalue weighted by Gasteiger charge is -2.17. The molecule has 0 saturated carbocycles. The van der Waals surface area contributed by atoms with Crippen molar-refractivity contribution in [2.45, 2.75) is 50.5 Å². The molecule has 3 N–H and O–H groups in total. The van der Waals surface area contributed by atoms with Gasteiger partial charge < -0.3 is 5.73 Å². The predicted octanol–water partition coefficient (Wildman–Crippen LogP) is 2.39. The van der Waals surface area contributed by atoms with Gasteiger partial charge in [0.05, 0.1) is 4.90 Å². The van der Waals surface area contributed by atoms with Gasteiger partial charge in [-0.1, -0.05) is 26.0 Å². The maximum absolute atomic E-state index is 12.6. The van der Waals surface area contributed by atoms with Gasteiger partial charge in [0, 0.05) is 11.7 Å². The average molecular weight is 294 g/mol. The Bertz CT molecular complexity index is 613. The fourth-order valence-corrected chi connectivity index (χ4v) is 4.20. The smallest absolute Gasteiger partial charge is 0.241 e. The minimum Gasteiger partial charge on any atom is -0.398 e. The first-order valence-electron chi connectivity index (χ1n) is 7.06. The highest BCUT2D eigenvalue weighted by molar-refractivity contribution is 7.89. The molecular weight excluding hydrogens is 272 g/mol. The van der Waals surface area contributed by atoms with Gasteiger partial charge in [0.25, 0.3) is 0 Å². The molecule has 0 amide bonds. The molecule has 0 aromatic heterocycles. The van der Waals surface area contributed by atoms with Crippen LogP contribution in [0.15, 0.2) is 29.2 Å². The summed E-state index contributed by atoms with van der Waals surface area (Å²) in [7, 11) is -3.51. The Balaban J connectivity index is 2.41. The largest absolute Gasteiger partial charge is 0.398 e. The number of hydrogen-bond acceptors (Lipinski definition) is 3. The molecular formula is C15H22N2O2S. The van der Waals surface area contributed by atoms with Crippen molar-refractivity contribution in [3.63, 3.8) is 0 Å². The maximum Gasteiger partial charge on any atom is 0.241 e. The van der Waals surface area contributed by atoms with Gasteiger partial charge in [0.15, 0.2) is 0 Å². The van der Waals surface area contributed by atoms with Crippen LogP contribution in [0.5, 0.6) is 0 Å². The number of nitrogens with two attached hydrogens (primary N) is 1. The molecule has 0 radical (unpaired) electrons. The zero-order valence-electron chi connectivity index (χ0n) is 12.0. The number of benzene rings is 1. The fourth-order valence-electron chi connectivity index (χ4n) is 2.54. The van der Waals surface area contributed by atoms with Crippen molar-refractivity contribution >= 4 is 15.7 Å². The van der Waals surface area contributed by atoms with Crippen LogP contribution in [0.4, 0.5) is 5.69 Å². The van der Waals surface area contributed by atoms with Crippen molar-refractivity contribution in [2.75, 3.05) is 5.73 Å². The van der Waals surface area contributed by atoms with Gasteiger partial charge in [0.1, 0.15) is 0 Å². The first-order valence-corrected chi connectivity index (χ1v) is 8.54. The lowest BCUT2D eigenvalue weighted by molar-refractivity contribution is 0.556. The second-order valence-corrected chi connectivity index (χ2v) is 6.81. The first-order chi connectivity index (χ1) is 9.47. The molecule has 0 fully saturated rings. The molecule has 4 nitrogen and oxygen atoms in total. The topological polar surface area (TPSA) is 72.2 Å². The van der Waals surface area contributed by atoms with Crippen molar-refractivity contribution in [3.05, 3.63) is 35.4 Å². The fraction of sp³-hybridized carbons (Fsp3) is 0.467. The van der Waals surface area contributed by atoms with E-state index in [2.05, 4.69) is 4.72 Å². The second-order valence-electron chi connectivity index (χ2n) is 5.13. The minimum absolute atomic E-state index is 0.0313. The van der Waals surface area contributed by atoms with Gasteiger partial charge in [-0.15, -0.1) is 0 Å². The summed E-state index contributed by atoms with van der Waals surface area (Å²) in [5, 5.41) is 0. The van der Waals surface area contributed by atoms with E-state index in [1.54, 1.807) is 6.07 Å². The Labute approximate surface area is 121 Å². The van der Waals surface area contributed by atoms with Crippen molar-refractivity contribution in [1.29, 1.82) is 0 Å². The van der Waals surface area contributed by atoms with Crippen LogP contribution in [-0.2, 0) is 22.9 Å². The summed E-state index contributed by atoms with van der Waals surface area (Å²) < 4.78 is 28.0. The van der Waals surface area contributed by atoms with Crippen LogP contribution in [0.2, 0.25) is 0 Å². The Morgan fingerprint density at radius 3 is 2.40 bits per heavy atom. The van der Waals surface area contributed by atoms with Gasteiger partial charge in [-0.2, -0.15) is 0 Å². The van der Waals surface area contributed by atoms with E-state index < -0.39 is 10.0 Å². The Morgan fingerprint density at radius 1 is 1.20 bits per heavy atom. The van der Waals surface area contributed by atoms with Crippen LogP contribution in [0.1, 0.15) is 37.8 Å². The minimum atomic E-state index is -3.51. The number of hydrogen-bond donors (Lipinski definition) is 2. The van der Waals surface area contributed by atoms with Crippen LogP contribution >= 0.6 is 0 Å². The molecule has 20 heavy (non-hydrogen) atoms. The third-order valence-electron chi connectivity index (χ3n) is 3.68. The van der Waals surface area contributed by atoms with Crippen molar-refractivity contribution in [1.82, 2.24) is 4.72 Å². The summed E-state index contributed by atoms with van der Waals surface area (Å²) in [5.41, 5.74) is 8.23. The first kappa shape index (κ1) is 15.1. The van der Waals surface area contributed by atoms with E-state index in [9.17, 15) is 8.42 Å². The number of sulfonamides is 1. The molecule has 2 rings (SSSR count). The summed E-state index contributed by atoms with van der Waals surface area (Å²) in [6.07, 6.45) is 6.89. The lowest BCUT2D eigenvalue weighted by Crippen LogP contribution is -2.33. The van der Waals surface area contributed by atoms with E-state index in [0.29, 0.717) is 22.6 Å². The zero-order valence-corrected chi connectivity index (χ0v) is 12.8. The van der Waals surface area contributed by atoms with Crippen molar-refractivity contribution < 1.29 is 8.42 Å². The van der Waals surface area contributed by atoms with Crippen LogP contribution in [0.3, 0.4) is 0 Å². The number of rotatable bonds is 5. The molecule has 1 aliphatic rings. The summed E-state index contributed by atoms with van der Waals surface area (Å²) in [5.74, 6) is 0. The van der Waals surface area contributed by atoms with E-state index in [1.165, 1.54) is 0 Å². The highest BCUT2D eigenvalue weighted by Crippen LogP contribution is 2.26. The van der Waals surface area contributed by atoms with Gasteiger partial charge in [0.2, 0.25) is 10.0 Å². The van der Waals surface area contributed by atoms with E-state index in [1.807, 2.05) is 32.1 Å². The molecule has 0 bridgehead atoms. The quantitative estimate of drug-likeness (QED) is 0.647. The highest BCUT2D eigenvalue weighted by atomic mass is 32.2. The van der Waals surface area contributed by atoms with Crippen LogP contribution < -0.4 is 10.5 Å². The summed E-state index contributed by atoms with van der Waals surface area (Å²) in [4.78, 5) is 0.337. The molecule has 0 spiro atoms. The molecule has 0 heterocycles. The number of anilines is 1. The predicted molar refractivity (Wildman–Crippen MR) is 82.1 cm³/mol. The molecule has 1 aromatic carbocycles.